The number of para-hydroxylation sites is 1. The van der Waals surface area contributed by atoms with Crippen molar-refractivity contribution in [3.63, 3.8) is 0 Å². The average Bonchev–Trinajstić information content (AvgIpc) is 2.30. The largest absolute Gasteiger partial charge is 0.255 e. The average molecular weight is 194 g/mol. The molecule has 2 heterocycles. The molecule has 0 aliphatic heterocycles. The Bertz CT molecular complexity index is 644. The molecule has 0 saturated heterocycles. The third-order valence-corrected chi connectivity index (χ3v) is 2.64. The highest BCUT2D eigenvalue weighted by molar-refractivity contribution is 6.03. The summed E-state index contributed by atoms with van der Waals surface area (Å²) in [5, 5.41) is 2.26. The van der Waals surface area contributed by atoms with Gasteiger partial charge in [-0.3, -0.25) is 9.97 Å². The van der Waals surface area contributed by atoms with Crippen molar-refractivity contribution in [2.45, 2.75) is 6.92 Å². The maximum Gasteiger partial charge on any atom is 0.0814 e. The molecular weight excluding hydrogens is 184 g/mol. The molecule has 2 nitrogen and oxygen atoms in total. The summed E-state index contributed by atoms with van der Waals surface area (Å²) in [6.45, 7) is 2.02. The maximum absolute atomic E-state index is 4.56. The second kappa shape index (κ2) is 3.02. The zero-order chi connectivity index (χ0) is 10.3. The third-order valence-electron chi connectivity index (χ3n) is 2.64. The van der Waals surface area contributed by atoms with E-state index in [1.165, 1.54) is 0 Å². The first-order chi connectivity index (χ1) is 7.36. The van der Waals surface area contributed by atoms with Gasteiger partial charge < -0.3 is 0 Å². The number of aromatic nitrogens is 2. The lowest BCUT2D eigenvalue weighted by molar-refractivity contribution is 1.27. The number of rotatable bonds is 0. The number of hydrogen-bond acceptors (Lipinski definition) is 2. The molecule has 0 atom stereocenters. The molecule has 0 amide bonds. The van der Waals surface area contributed by atoms with Crippen molar-refractivity contribution in [2.24, 2.45) is 0 Å². The van der Waals surface area contributed by atoms with E-state index in [0.29, 0.717) is 0 Å². The minimum Gasteiger partial charge on any atom is -0.255 e. The van der Waals surface area contributed by atoms with Crippen LogP contribution in [0.4, 0.5) is 0 Å². The smallest absolute Gasteiger partial charge is 0.0814 e. The van der Waals surface area contributed by atoms with Crippen LogP contribution in [0, 0.1) is 6.92 Å². The molecule has 0 bridgehead atoms. The van der Waals surface area contributed by atoms with Gasteiger partial charge in [0.25, 0.3) is 0 Å². The minimum atomic E-state index is 1.02. The number of hydrogen-bond donors (Lipinski definition) is 0. The van der Waals surface area contributed by atoms with Crippen molar-refractivity contribution in [3.05, 3.63) is 48.3 Å². The van der Waals surface area contributed by atoms with Crippen LogP contribution in [0.5, 0.6) is 0 Å². The first kappa shape index (κ1) is 8.36. The van der Waals surface area contributed by atoms with Gasteiger partial charge in [0.15, 0.2) is 0 Å². The Morgan fingerprint density at radius 3 is 2.67 bits per heavy atom. The molecule has 0 unspecified atom stereocenters. The molecule has 0 aliphatic rings. The van der Waals surface area contributed by atoms with E-state index in [0.717, 1.165) is 27.5 Å². The van der Waals surface area contributed by atoms with E-state index in [1.54, 1.807) is 0 Å². The second-order valence-electron chi connectivity index (χ2n) is 3.61. The van der Waals surface area contributed by atoms with Crippen molar-refractivity contribution in [1.29, 1.82) is 0 Å². The Hall–Kier alpha value is -1.96. The van der Waals surface area contributed by atoms with Crippen LogP contribution in [-0.2, 0) is 0 Å². The molecule has 1 aromatic carbocycles. The van der Waals surface area contributed by atoms with E-state index < -0.39 is 0 Å². The molecule has 3 aromatic rings. The summed E-state index contributed by atoms with van der Waals surface area (Å²) in [6, 6.07) is 12.1. The molecule has 0 spiro atoms. The standard InChI is InChI=1S/C13H10N2/c1-9-10-6-4-8-14-13(10)11-5-2-3-7-12(11)15-9/h2-8H,1H3. The fraction of sp³-hybridized carbons (Fsp3) is 0.0769. The molecule has 15 heavy (non-hydrogen) atoms. The highest BCUT2D eigenvalue weighted by Gasteiger charge is 2.04. The fourth-order valence-electron chi connectivity index (χ4n) is 1.92. The van der Waals surface area contributed by atoms with Crippen LogP contribution in [0.15, 0.2) is 42.6 Å². The SMILES string of the molecule is Cc1nc2ccccc2c2ncccc12. The van der Waals surface area contributed by atoms with Gasteiger partial charge in [-0.1, -0.05) is 18.2 Å². The summed E-state index contributed by atoms with van der Waals surface area (Å²) in [5.41, 5.74) is 3.10. The van der Waals surface area contributed by atoms with E-state index in [4.69, 9.17) is 0 Å². The lowest BCUT2D eigenvalue weighted by Crippen LogP contribution is -1.89. The van der Waals surface area contributed by atoms with E-state index in [9.17, 15) is 0 Å². The molecule has 0 saturated carbocycles. The highest BCUT2D eigenvalue weighted by atomic mass is 14.7. The number of fused-ring (bicyclic) bond motifs is 3. The van der Waals surface area contributed by atoms with E-state index in [2.05, 4.69) is 22.1 Å². The van der Waals surface area contributed by atoms with Crippen molar-refractivity contribution < 1.29 is 0 Å². The first-order valence-corrected chi connectivity index (χ1v) is 4.96. The van der Waals surface area contributed by atoms with Gasteiger partial charge >= 0.3 is 0 Å². The molecule has 0 radical (unpaired) electrons. The van der Waals surface area contributed by atoms with Gasteiger partial charge in [0.2, 0.25) is 0 Å². The van der Waals surface area contributed by atoms with Crippen LogP contribution in [0.1, 0.15) is 5.69 Å². The second-order valence-corrected chi connectivity index (χ2v) is 3.61. The minimum absolute atomic E-state index is 1.02. The van der Waals surface area contributed by atoms with Crippen LogP contribution < -0.4 is 0 Å². The summed E-state index contributed by atoms with van der Waals surface area (Å²) >= 11 is 0. The fourth-order valence-corrected chi connectivity index (χ4v) is 1.92. The van der Waals surface area contributed by atoms with Crippen molar-refractivity contribution >= 4 is 21.8 Å². The Balaban J connectivity index is 2.64. The number of pyridine rings is 2. The number of aryl methyl sites for hydroxylation is 1. The zero-order valence-corrected chi connectivity index (χ0v) is 8.44. The van der Waals surface area contributed by atoms with Crippen LogP contribution in [0.25, 0.3) is 21.8 Å². The van der Waals surface area contributed by atoms with Crippen LogP contribution in [0.2, 0.25) is 0 Å². The first-order valence-electron chi connectivity index (χ1n) is 4.96. The molecule has 2 aromatic heterocycles. The van der Waals surface area contributed by atoms with Crippen LogP contribution >= 0.6 is 0 Å². The Labute approximate surface area is 87.6 Å². The van der Waals surface area contributed by atoms with E-state index >= 15 is 0 Å². The quantitative estimate of drug-likeness (QED) is 0.514. The summed E-state index contributed by atoms with van der Waals surface area (Å²) in [5.74, 6) is 0. The third kappa shape index (κ3) is 1.18. The lowest BCUT2D eigenvalue weighted by atomic mass is 10.1. The maximum atomic E-state index is 4.56. The molecule has 2 heteroatoms. The topological polar surface area (TPSA) is 25.8 Å². The van der Waals surface area contributed by atoms with Gasteiger partial charge in [0.05, 0.1) is 11.0 Å². The monoisotopic (exact) mass is 194 g/mol. The predicted molar refractivity (Wildman–Crippen MR) is 61.8 cm³/mol. The van der Waals surface area contributed by atoms with Gasteiger partial charge in [0, 0.05) is 22.7 Å². The Kier molecular flexibility index (Phi) is 1.68. The molecule has 3 rings (SSSR count). The van der Waals surface area contributed by atoms with Gasteiger partial charge in [-0.05, 0) is 25.1 Å². The molecular formula is C13H10N2. The lowest BCUT2D eigenvalue weighted by Gasteiger charge is -2.04. The van der Waals surface area contributed by atoms with Crippen molar-refractivity contribution in [2.75, 3.05) is 0 Å². The highest BCUT2D eigenvalue weighted by Crippen LogP contribution is 2.23. The van der Waals surface area contributed by atoms with Crippen LogP contribution in [0.3, 0.4) is 0 Å². The molecule has 0 N–H and O–H groups in total. The van der Waals surface area contributed by atoms with Gasteiger partial charge in [0.1, 0.15) is 0 Å². The molecule has 0 fully saturated rings. The number of benzene rings is 1. The van der Waals surface area contributed by atoms with Crippen molar-refractivity contribution in [1.82, 2.24) is 9.97 Å². The van der Waals surface area contributed by atoms with Crippen molar-refractivity contribution in [3.8, 4) is 0 Å². The summed E-state index contributed by atoms with van der Waals surface area (Å²) in [7, 11) is 0. The normalized spacial score (nSPS) is 11.0. The Morgan fingerprint density at radius 2 is 1.73 bits per heavy atom. The molecule has 0 aliphatic carbocycles. The summed E-state index contributed by atoms with van der Waals surface area (Å²) in [6.07, 6.45) is 1.83. The van der Waals surface area contributed by atoms with Gasteiger partial charge in [-0.15, -0.1) is 0 Å². The summed E-state index contributed by atoms with van der Waals surface area (Å²) < 4.78 is 0. The Morgan fingerprint density at radius 1 is 0.933 bits per heavy atom. The van der Waals surface area contributed by atoms with E-state index in [1.807, 2.05) is 37.4 Å². The van der Waals surface area contributed by atoms with Gasteiger partial charge in [-0.2, -0.15) is 0 Å². The van der Waals surface area contributed by atoms with Gasteiger partial charge in [-0.25, -0.2) is 0 Å². The van der Waals surface area contributed by atoms with Crippen LogP contribution in [-0.4, -0.2) is 9.97 Å². The number of nitrogens with zero attached hydrogens (tertiary/aromatic N) is 2. The van der Waals surface area contributed by atoms with E-state index in [-0.39, 0.29) is 0 Å². The predicted octanol–water partition coefficient (Wildman–Crippen LogP) is 3.09. The summed E-state index contributed by atoms with van der Waals surface area (Å²) in [4.78, 5) is 8.99. The molecule has 72 valence electrons. The zero-order valence-electron chi connectivity index (χ0n) is 8.44.